The SMILES string of the molecule is COc1ccc2nc(NC(=O)Nc3ccc(Cl)c(C)c3)sc2c1. The molecule has 0 unspecified atom stereocenters. The summed E-state index contributed by atoms with van der Waals surface area (Å²) < 4.78 is 6.13. The van der Waals surface area contributed by atoms with Crippen molar-refractivity contribution in [3.63, 3.8) is 0 Å². The lowest BCUT2D eigenvalue weighted by Gasteiger charge is -2.06. The van der Waals surface area contributed by atoms with E-state index in [1.807, 2.05) is 31.2 Å². The fourth-order valence-electron chi connectivity index (χ4n) is 2.07. The van der Waals surface area contributed by atoms with Crippen molar-refractivity contribution < 1.29 is 9.53 Å². The zero-order valence-corrected chi connectivity index (χ0v) is 14.1. The molecule has 2 amide bonds. The predicted molar refractivity (Wildman–Crippen MR) is 95.0 cm³/mol. The number of amides is 2. The van der Waals surface area contributed by atoms with Gasteiger partial charge in [0.25, 0.3) is 0 Å². The molecule has 1 aromatic heterocycles. The normalized spacial score (nSPS) is 10.6. The zero-order chi connectivity index (χ0) is 16.4. The second-order valence-corrected chi connectivity index (χ2v) is 6.33. The summed E-state index contributed by atoms with van der Waals surface area (Å²) in [5.74, 6) is 0.758. The van der Waals surface area contributed by atoms with Gasteiger partial charge in [0.2, 0.25) is 0 Å². The number of thiazole rings is 1. The molecule has 0 saturated carbocycles. The van der Waals surface area contributed by atoms with E-state index in [2.05, 4.69) is 15.6 Å². The molecule has 0 aliphatic rings. The molecule has 0 fully saturated rings. The molecule has 118 valence electrons. The highest BCUT2D eigenvalue weighted by atomic mass is 35.5. The van der Waals surface area contributed by atoms with E-state index in [0.717, 1.165) is 21.5 Å². The number of anilines is 2. The molecule has 3 aromatic rings. The molecule has 5 nitrogen and oxygen atoms in total. The van der Waals surface area contributed by atoms with E-state index < -0.39 is 0 Å². The summed E-state index contributed by atoms with van der Waals surface area (Å²) in [6, 6.07) is 10.5. The Morgan fingerprint density at radius 2 is 2.04 bits per heavy atom. The maximum atomic E-state index is 12.1. The lowest BCUT2D eigenvalue weighted by atomic mass is 10.2. The van der Waals surface area contributed by atoms with Crippen molar-refractivity contribution in [3.05, 3.63) is 47.0 Å². The van der Waals surface area contributed by atoms with Gasteiger partial charge in [0.05, 0.1) is 17.3 Å². The van der Waals surface area contributed by atoms with Crippen molar-refractivity contribution in [2.45, 2.75) is 6.92 Å². The van der Waals surface area contributed by atoms with E-state index in [0.29, 0.717) is 15.8 Å². The smallest absolute Gasteiger partial charge is 0.325 e. The first kappa shape index (κ1) is 15.6. The number of ether oxygens (including phenoxy) is 1. The van der Waals surface area contributed by atoms with Crippen LogP contribution in [0.25, 0.3) is 10.2 Å². The summed E-state index contributed by atoms with van der Waals surface area (Å²) in [6.07, 6.45) is 0. The molecule has 0 aliphatic carbocycles. The summed E-state index contributed by atoms with van der Waals surface area (Å²) in [7, 11) is 1.61. The summed E-state index contributed by atoms with van der Waals surface area (Å²) in [6.45, 7) is 1.88. The van der Waals surface area contributed by atoms with E-state index in [9.17, 15) is 4.79 Å². The number of nitrogens with zero attached hydrogens (tertiary/aromatic N) is 1. The Labute approximate surface area is 142 Å². The highest BCUT2D eigenvalue weighted by Gasteiger charge is 2.09. The number of aromatic nitrogens is 1. The highest BCUT2D eigenvalue weighted by molar-refractivity contribution is 7.22. The number of halogens is 1. The van der Waals surface area contributed by atoms with Gasteiger partial charge in [-0.1, -0.05) is 22.9 Å². The van der Waals surface area contributed by atoms with Crippen LogP contribution in [0.3, 0.4) is 0 Å². The van der Waals surface area contributed by atoms with Gasteiger partial charge in [-0.15, -0.1) is 0 Å². The Balaban J connectivity index is 1.73. The highest BCUT2D eigenvalue weighted by Crippen LogP contribution is 2.29. The van der Waals surface area contributed by atoms with Crippen LogP contribution in [0.4, 0.5) is 15.6 Å². The standard InChI is InChI=1S/C16H14ClN3O2S/c1-9-7-10(3-5-12(9)17)18-15(21)20-16-19-13-6-4-11(22-2)8-14(13)23-16/h3-8H,1-2H3,(H2,18,19,20,21). The molecule has 0 saturated heterocycles. The molecule has 1 heterocycles. The zero-order valence-electron chi connectivity index (χ0n) is 12.5. The number of fused-ring (bicyclic) bond motifs is 1. The second-order valence-electron chi connectivity index (χ2n) is 4.90. The molecule has 0 aliphatic heterocycles. The van der Waals surface area contributed by atoms with Gasteiger partial charge in [-0.2, -0.15) is 0 Å². The summed E-state index contributed by atoms with van der Waals surface area (Å²) in [5.41, 5.74) is 2.39. The van der Waals surface area contributed by atoms with Gasteiger partial charge in [0.1, 0.15) is 5.75 Å². The third-order valence-electron chi connectivity index (χ3n) is 3.23. The molecule has 3 rings (SSSR count). The number of urea groups is 1. The summed E-state index contributed by atoms with van der Waals surface area (Å²) in [5, 5.41) is 6.68. The first-order chi connectivity index (χ1) is 11.0. The number of carbonyl (C=O) groups is 1. The number of rotatable bonds is 3. The minimum absolute atomic E-state index is 0.349. The molecule has 0 bridgehead atoms. The molecule has 2 N–H and O–H groups in total. The van der Waals surface area contributed by atoms with Crippen LogP contribution >= 0.6 is 22.9 Å². The summed E-state index contributed by atoms with van der Waals surface area (Å²) >= 11 is 7.36. The Kier molecular flexibility index (Phi) is 4.36. The van der Waals surface area contributed by atoms with Crippen LogP contribution in [0, 0.1) is 6.92 Å². The maximum Gasteiger partial charge on any atom is 0.325 e. The summed E-state index contributed by atoms with van der Waals surface area (Å²) in [4.78, 5) is 16.4. The van der Waals surface area contributed by atoms with Crippen LogP contribution in [0.5, 0.6) is 5.75 Å². The molecular weight excluding hydrogens is 334 g/mol. The van der Waals surface area contributed by atoms with Gasteiger partial charge in [-0.25, -0.2) is 9.78 Å². The van der Waals surface area contributed by atoms with Crippen LogP contribution in [0.15, 0.2) is 36.4 Å². The van der Waals surface area contributed by atoms with E-state index in [1.54, 1.807) is 19.2 Å². The minimum Gasteiger partial charge on any atom is -0.497 e. The van der Waals surface area contributed by atoms with Crippen molar-refractivity contribution in [3.8, 4) is 5.75 Å². The fourth-order valence-corrected chi connectivity index (χ4v) is 3.07. The average Bonchev–Trinajstić information content (AvgIpc) is 2.91. The molecule has 0 radical (unpaired) electrons. The number of benzene rings is 2. The lowest BCUT2D eigenvalue weighted by molar-refractivity contribution is 0.262. The van der Waals surface area contributed by atoms with Gasteiger partial charge in [-0.3, -0.25) is 5.32 Å². The van der Waals surface area contributed by atoms with Crippen molar-refractivity contribution in [1.82, 2.24) is 4.98 Å². The molecule has 7 heteroatoms. The Morgan fingerprint density at radius 1 is 1.22 bits per heavy atom. The molecule has 23 heavy (non-hydrogen) atoms. The first-order valence-corrected chi connectivity index (χ1v) is 8.03. The Bertz CT molecular complexity index is 879. The van der Waals surface area contributed by atoms with Gasteiger partial charge in [-0.05, 0) is 48.9 Å². The number of hydrogen-bond acceptors (Lipinski definition) is 4. The van der Waals surface area contributed by atoms with Crippen LogP contribution in [0.2, 0.25) is 5.02 Å². The second kappa shape index (κ2) is 6.44. The Morgan fingerprint density at radius 3 is 2.78 bits per heavy atom. The monoisotopic (exact) mass is 347 g/mol. The van der Waals surface area contributed by atoms with Gasteiger partial charge in [0, 0.05) is 10.7 Å². The molecular formula is C16H14ClN3O2S. The number of methoxy groups -OCH3 is 1. The molecule has 0 spiro atoms. The van der Waals surface area contributed by atoms with Crippen molar-refractivity contribution in [1.29, 1.82) is 0 Å². The number of hydrogen-bond donors (Lipinski definition) is 2. The van der Waals surface area contributed by atoms with Crippen LogP contribution in [-0.2, 0) is 0 Å². The number of nitrogens with one attached hydrogen (secondary N) is 2. The fraction of sp³-hybridized carbons (Fsp3) is 0.125. The molecule has 2 aromatic carbocycles. The number of carbonyl (C=O) groups excluding carboxylic acids is 1. The van der Waals surface area contributed by atoms with E-state index >= 15 is 0 Å². The quantitative estimate of drug-likeness (QED) is 0.707. The molecule has 0 atom stereocenters. The third kappa shape index (κ3) is 3.55. The van der Waals surface area contributed by atoms with Gasteiger partial charge in [0.15, 0.2) is 5.13 Å². The van der Waals surface area contributed by atoms with Crippen molar-refractivity contribution in [2.75, 3.05) is 17.7 Å². The van der Waals surface area contributed by atoms with Gasteiger partial charge < -0.3 is 10.1 Å². The van der Waals surface area contributed by atoms with E-state index in [1.165, 1.54) is 11.3 Å². The van der Waals surface area contributed by atoms with Crippen molar-refractivity contribution in [2.24, 2.45) is 0 Å². The van der Waals surface area contributed by atoms with Crippen LogP contribution < -0.4 is 15.4 Å². The average molecular weight is 348 g/mol. The van der Waals surface area contributed by atoms with Crippen molar-refractivity contribution >= 4 is 50.0 Å². The third-order valence-corrected chi connectivity index (χ3v) is 4.59. The topological polar surface area (TPSA) is 63.2 Å². The lowest BCUT2D eigenvalue weighted by Crippen LogP contribution is -2.19. The van der Waals surface area contributed by atoms with E-state index in [4.69, 9.17) is 16.3 Å². The Hall–Kier alpha value is -2.31. The van der Waals surface area contributed by atoms with Gasteiger partial charge >= 0.3 is 6.03 Å². The largest absolute Gasteiger partial charge is 0.497 e. The number of aryl methyl sites for hydroxylation is 1. The van der Waals surface area contributed by atoms with E-state index in [-0.39, 0.29) is 6.03 Å². The first-order valence-electron chi connectivity index (χ1n) is 6.84. The predicted octanol–water partition coefficient (Wildman–Crippen LogP) is 4.91. The van der Waals surface area contributed by atoms with Crippen LogP contribution in [0.1, 0.15) is 5.56 Å². The maximum absolute atomic E-state index is 12.1. The minimum atomic E-state index is -0.349. The van der Waals surface area contributed by atoms with Crippen LogP contribution in [-0.4, -0.2) is 18.1 Å².